The molecular formula is C17H24N4. The SMILES string of the molecule is CCc1nc(CN2CCC(c3ccncc3)CC2)c(C)[nH]1. The zero-order valence-electron chi connectivity index (χ0n) is 13.0. The zero-order chi connectivity index (χ0) is 14.7. The van der Waals surface area contributed by atoms with Crippen LogP contribution < -0.4 is 0 Å². The Morgan fingerprint density at radius 3 is 2.57 bits per heavy atom. The van der Waals surface area contributed by atoms with Crippen LogP contribution >= 0.6 is 0 Å². The molecule has 1 saturated heterocycles. The number of aryl methyl sites for hydroxylation is 2. The number of imidazole rings is 1. The summed E-state index contributed by atoms with van der Waals surface area (Å²) in [5.41, 5.74) is 3.88. The Balaban J connectivity index is 1.57. The second-order valence-corrected chi connectivity index (χ2v) is 5.94. The maximum absolute atomic E-state index is 4.69. The summed E-state index contributed by atoms with van der Waals surface area (Å²) in [5.74, 6) is 1.80. The second-order valence-electron chi connectivity index (χ2n) is 5.94. The van der Waals surface area contributed by atoms with E-state index in [1.165, 1.54) is 29.8 Å². The molecule has 1 fully saturated rings. The number of hydrogen-bond acceptors (Lipinski definition) is 3. The van der Waals surface area contributed by atoms with Crippen LogP contribution in [-0.4, -0.2) is 32.9 Å². The Kier molecular flexibility index (Phi) is 4.34. The number of likely N-dealkylation sites (tertiary alicyclic amines) is 1. The van der Waals surface area contributed by atoms with Gasteiger partial charge < -0.3 is 4.98 Å². The van der Waals surface area contributed by atoms with Crippen LogP contribution in [0.4, 0.5) is 0 Å². The van der Waals surface area contributed by atoms with Crippen LogP contribution in [0.5, 0.6) is 0 Å². The molecule has 3 rings (SSSR count). The lowest BCUT2D eigenvalue weighted by Crippen LogP contribution is -2.32. The molecule has 2 aromatic heterocycles. The van der Waals surface area contributed by atoms with Gasteiger partial charge in [0.1, 0.15) is 5.82 Å². The van der Waals surface area contributed by atoms with Crippen LogP contribution in [0.1, 0.15) is 48.5 Å². The van der Waals surface area contributed by atoms with E-state index in [0.29, 0.717) is 5.92 Å². The van der Waals surface area contributed by atoms with Gasteiger partial charge in [-0.3, -0.25) is 9.88 Å². The number of H-pyrrole nitrogens is 1. The molecule has 1 aliphatic rings. The summed E-state index contributed by atoms with van der Waals surface area (Å²) in [6, 6.07) is 4.32. The quantitative estimate of drug-likeness (QED) is 0.938. The molecule has 0 bridgehead atoms. The van der Waals surface area contributed by atoms with Gasteiger partial charge in [0.25, 0.3) is 0 Å². The van der Waals surface area contributed by atoms with E-state index < -0.39 is 0 Å². The topological polar surface area (TPSA) is 44.8 Å². The van der Waals surface area contributed by atoms with Crippen molar-refractivity contribution in [3.05, 3.63) is 47.3 Å². The van der Waals surface area contributed by atoms with Crippen molar-refractivity contribution in [2.45, 2.75) is 45.6 Å². The minimum Gasteiger partial charge on any atom is -0.346 e. The minimum atomic E-state index is 0.690. The van der Waals surface area contributed by atoms with E-state index in [2.05, 4.69) is 40.8 Å². The average molecular weight is 284 g/mol. The van der Waals surface area contributed by atoms with Crippen LogP contribution in [-0.2, 0) is 13.0 Å². The number of aromatic nitrogens is 3. The molecule has 3 heterocycles. The minimum absolute atomic E-state index is 0.690. The van der Waals surface area contributed by atoms with Crippen LogP contribution in [0.15, 0.2) is 24.5 Å². The molecule has 0 saturated carbocycles. The van der Waals surface area contributed by atoms with E-state index in [1.807, 2.05) is 12.4 Å². The van der Waals surface area contributed by atoms with Gasteiger partial charge in [0, 0.05) is 31.1 Å². The maximum atomic E-state index is 4.69. The lowest BCUT2D eigenvalue weighted by Gasteiger charge is -2.31. The first-order valence-corrected chi connectivity index (χ1v) is 7.93. The van der Waals surface area contributed by atoms with Gasteiger partial charge in [0.05, 0.1) is 5.69 Å². The van der Waals surface area contributed by atoms with Gasteiger partial charge in [-0.05, 0) is 56.5 Å². The molecule has 0 spiro atoms. The first-order chi connectivity index (χ1) is 10.3. The van der Waals surface area contributed by atoms with Gasteiger partial charge in [0.2, 0.25) is 0 Å². The highest BCUT2D eigenvalue weighted by atomic mass is 15.1. The van der Waals surface area contributed by atoms with Crippen LogP contribution in [0.3, 0.4) is 0 Å². The van der Waals surface area contributed by atoms with Gasteiger partial charge in [-0.15, -0.1) is 0 Å². The number of piperidine rings is 1. The number of pyridine rings is 1. The van der Waals surface area contributed by atoms with E-state index in [0.717, 1.165) is 31.9 Å². The molecule has 0 unspecified atom stereocenters. The summed E-state index contributed by atoms with van der Waals surface area (Å²) in [4.78, 5) is 14.7. The fourth-order valence-corrected chi connectivity index (χ4v) is 3.16. The molecule has 0 aliphatic carbocycles. The van der Waals surface area contributed by atoms with Gasteiger partial charge in [-0.1, -0.05) is 6.92 Å². The molecule has 0 radical (unpaired) electrons. The Bertz CT molecular complexity index is 568. The number of hydrogen-bond donors (Lipinski definition) is 1. The van der Waals surface area contributed by atoms with E-state index in [9.17, 15) is 0 Å². The summed E-state index contributed by atoms with van der Waals surface area (Å²) in [5, 5.41) is 0. The fourth-order valence-electron chi connectivity index (χ4n) is 3.16. The predicted molar refractivity (Wildman–Crippen MR) is 84.2 cm³/mol. The summed E-state index contributed by atoms with van der Waals surface area (Å²) in [7, 11) is 0. The number of rotatable bonds is 4. The Labute approximate surface area is 126 Å². The Morgan fingerprint density at radius 1 is 1.24 bits per heavy atom. The molecule has 2 aromatic rings. The molecule has 1 aliphatic heterocycles. The molecule has 112 valence electrons. The summed E-state index contributed by atoms with van der Waals surface area (Å²) in [6.07, 6.45) is 7.25. The second kappa shape index (κ2) is 6.39. The van der Waals surface area contributed by atoms with E-state index >= 15 is 0 Å². The van der Waals surface area contributed by atoms with Gasteiger partial charge >= 0.3 is 0 Å². The van der Waals surface area contributed by atoms with Crippen molar-refractivity contribution >= 4 is 0 Å². The zero-order valence-corrected chi connectivity index (χ0v) is 13.0. The third kappa shape index (κ3) is 3.32. The normalized spacial score (nSPS) is 17.2. The van der Waals surface area contributed by atoms with Crippen molar-refractivity contribution in [3.8, 4) is 0 Å². The van der Waals surface area contributed by atoms with Crippen molar-refractivity contribution in [3.63, 3.8) is 0 Å². The van der Waals surface area contributed by atoms with Crippen molar-refractivity contribution in [1.82, 2.24) is 19.9 Å². The first kappa shape index (κ1) is 14.3. The smallest absolute Gasteiger partial charge is 0.106 e. The predicted octanol–water partition coefficient (Wildman–Crippen LogP) is 3.06. The first-order valence-electron chi connectivity index (χ1n) is 7.93. The Hall–Kier alpha value is -1.68. The third-order valence-corrected chi connectivity index (χ3v) is 4.51. The van der Waals surface area contributed by atoms with Crippen molar-refractivity contribution in [2.75, 3.05) is 13.1 Å². The van der Waals surface area contributed by atoms with Gasteiger partial charge in [-0.2, -0.15) is 0 Å². The molecular weight excluding hydrogens is 260 g/mol. The van der Waals surface area contributed by atoms with Crippen LogP contribution in [0.25, 0.3) is 0 Å². The molecule has 0 atom stereocenters. The highest BCUT2D eigenvalue weighted by Crippen LogP contribution is 2.28. The van der Waals surface area contributed by atoms with E-state index in [-0.39, 0.29) is 0 Å². The highest BCUT2D eigenvalue weighted by molar-refractivity contribution is 5.17. The molecule has 0 aromatic carbocycles. The summed E-state index contributed by atoms with van der Waals surface area (Å²) >= 11 is 0. The monoisotopic (exact) mass is 284 g/mol. The van der Waals surface area contributed by atoms with E-state index in [1.54, 1.807) is 0 Å². The third-order valence-electron chi connectivity index (χ3n) is 4.51. The van der Waals surface area contributed by atoms with Gasteiger partial charge in [-0.25, -0.2) is 4.98 Å². The summed E-state index contributed by atoms with van der Waals surface area (Å²) < 4.78 is 0. The number of nitrogens with zero attached hydrogens (tertiary/aromatic N) is 3. The van der Waals surface area contributed by atoms with Crippen molar-refractivity contribution < 1.29 is 0 Å². The molecule has 21 heavy (non-hydrogen) atoms. The largest absolute Gasteiger partial charge is 0.346 e. The van der Waals surface area contributed by atoms with Crippen molar-refractivity contribution in [1.29, 1.82) is 0 Å². The fraction of sp³-hybridized carbons (Fsp3) is 0.529. The lowest BCUT2D eigenvalue weighted by molar-refractivity contribution is 0.202. The van der Waals surface area contributed by atoms with Gasteiger partial charge in [0.15, 0.2) is 0 Å². The lowest BCUT2D eigenvalue weighted by atomic mass is 9.90. The number of nitrogens with one attached hydrogen (secondary N) is 1. The molecule has 4 nitrogen and oxygen atoms in total. The number of aromatic amines is 1. The van der Waals surface area contributed by atoms with Crippen LogP contribution in [0.2, 0.25) is 0 Å². The van der Waals surface area contributed by atoms with Crippen molar-refractivity contribution in [2.24, 2.45) is 0 Å². The standard InChI is InChI=1S/C17H24N4/c1-3-17-19-13(2)16(20-17)12-21-10-6-15(7-11-21)14-4-8-18-9-5-14/h4-5,8-9,15H,3,6-7,10-12H2,1-2H3,(H,19,20). The Morgan fingerprint density at radius 2 is 1.95 bits per heavy atom. The molecule has 4 heteroatoms. The van der Waals surface area contributed by atoms with E-state index in [4.69, 9.17) is 4.98 Å². The van der Waals surface area contributed by atoms with Crippen LogP contribution in [0, 0.1) is 6.92 Å². The highest BCUT2D eigenvalue weighted by Gasteiger charge is 2.21. The molecule has 0 amide bonds. The maximum Gasteiger partial charge on any atom is 0.106 e. The summed E-state index contributed by atoms with van der Waals surface area (Å²) in [6.45, 7) is 7.56. The average Bonchev–Trinajstić information content (AvgIpc) is 2.89. The molecule has 1 N–H and O–H groups in total.